The Morgan fingerprint density at radius 1 is 1.29 bits per heavy atom. The van der Waals surface area contributed by atoms with Crippen LogP contribution in [0.1, 0.15) is 18.4 Å². The Morgan fingerprint density at radius 2 is 1.94 bits per heavy atom. The normalized spacial score (nSPS) is 17.9. The Labute approximate surface area is 116 Å². The Morgan fingerprint density at radius 3 is 2.59 bits per heavy atom. The van der Waals surface area contributed by atoms with E-state index in [9.17, 15) is 4.79 Å². The van der Waals surface area contributed by atoms with Crippen LogP contribution in [0.25, 0.3) is 0 Å². The molecule has 0 radical (unpaired) electrons. The zero-order valence-corrected chi connectivity index (χ0v) is 11.8. The predicted octanol–water partition coefficient (Wildman–Crippen LogP) is 2.79. The van der Waals surface area contributed by atoms with E-state index in [1.165, 1.54) is 0 Å². The summed E-state index contributed by atoms with van der Waals surface area (Å²) in [5.74, 6) is 0.0445. The van der Waals surface area contributed by atoms with Gasteiger partial charge in [-0.15, -0.1) is 0 Å². The molecule has 1 aliphatic rings. The molecule has 0 atom stereocenters. The van der Waals surface area contributed by atoms with Crippen molar-refractivity contribution in [1.82, 2.24) is 3.11 Å². The fourth-order valence-electron chi connectivity index (χ4n) is 1.93. The highest BCUT2D eigenvalue weighted by Crippen LogP contribution is 2.21. The Balaban J connectivity index is 1.78. The molecule has 0 unspecified atom stereocenters. The molecule has 0 amide bonds. The summed E-state index contributed by atoms with van der Waals surface area (Å²) in [5, 5.41) is 0. The van der Waals surface area contributed by atoms with Crippen LogP contribution < -0.4 is 0 Å². The first-order chi connectivity index (χ1) is 8.25. The van der Waals surface area contributed by atoms with Gasteiger partial charge in [-0.05, 0) is 18.4 Å². The van der Waals surface area contributed by atoms with Crippen LogP contribution in [0.3, 0.4) is 0 Å². The number of rotatable bonds is 3. The van der Waals surface area contributed by atoms with Crippen molar-refractivity contribution in [1.29, 1.82) is 0 Å². The number of nitrogens with zero attached hydrogens (tertiary/aromatic N) is 1. The van der Waals surface area contributed by atoms with Crippen molar-refractivity contribution in [2.75, 3.05) is 13.1 Å². The summed E-state index contributed by atoms with van der Waals surface area (Å²) < 4.78 is 7.56. The summed E-state index contributed by atoms with van der Waals surface area (Å²) in [5.41, 5.74) is 1.05. The van der Waals surface area contributed by atoms with Gasteiger partial charge in [-0.2, -0.15) is 0 Å². The molecule has 4 heteroatoms. The predicted molar refractivity (Wildman–Crippen MR) is 74.6 cm³/mol. The molecule has 3 nitrogen and oxygen atoms in total. The lowest BCUT2D eigenvalue weighted by molar-refractivity contribution is -0.151. The van der Waals surface area contributed by atoms with Gasteiger partial charge in [0.1, 0.15) is 6.61 Å². The smallest absolute Gasteiger partial charge is 0.309 e. The van der Waals surface area contributed by atoms with E-state index in [0.717, 1.165) is 31.5 Å². The number of hydrogen-bond donors (Lipinski definition) is 0. The van der Waals surface area contributed by atoms with Crippen LogP contribution in [-0.2, 0) is 16.1 Å². The van der Waals surface area contributed by atoms with Gasteiger partial charge in [-0.25, -0.2) is 3.11 Å². The Bertz CT molecular complexity index is 361. The number of ether oxygens (including phenoxy) is 1. The van der Waals surface area contributed by atoms with E-state index in [4.69, 9.17) is 4.74 Å². The zero-order chi connectivity index (χ0) is 12.1. The van der Waals surface area contributed by atoms with Gasteiger partial charge in [0.05, 0.1) is 5.92 Å². The lowest BCUT2D eigenvalue weighted by Crippen LogP contribution is -2.31. The summed E-state index contributed by atoms with van der Waals surface area (Å²) in [4.78, 5) is 11.8. The Kier molecular flexibility index (Phi) is 4.79. The number of halogens is 1. The van der Waals surface area contributed by atoms with Crippen molar-refractivity contribution in [2.24, 2.45) is 5.92 Å². The average molecular weight is 345 g/mol. The fourth-order valence-corrected chi connectivity index (χ4v) is 2.49. The molecule has 0 N–H and O–H groups in total. The molecular weight excluding hydrogens is 329 g/mol. The van der Waals surface area contributed by atoms with E-state index in [-0.39, 0.29) is 11.9 Å². The monoisotopic (exact) mass is 345 g/mol. The lowest BCUT2D eigenvalue weighted by atomic mass is 9.98. The van der Waals surface area contributed by atoms with E-state index >= 15 is 0 Å². The second-order valence-electron chi connectivity index (χ2n) is 4.28. The SMILES string of the molecule is O=C(OCc1ccccc1)C1CCN(I)CC1. The Hall–Kier alpha value is -0.620. The van der Waals surface area contributed by atoms with Crippen LogP contribution in [-0.4, -0.2) is 22.2 Å². The third kappa shape index (κ3) is 3.96. The molecular formula is C13H16INO2. The first kappa shape index (κ1) is 12.8. The fraction of sp³-hybridized carbons (Fsp3) is 0.462. The minimum atomic E-state index is -0.0432. The van der Waals surface area contributed by atoms with E-state index in [1.54, 1.807) is 0 Å². The number of benzene rings is 1. The van der Waals surface area contributed by atoms with Crippen LogP contribution in [0, 0.1) is 5.92 Å². The molecule has 1 saturated heterocycles. The van der Waals surface area contributed by atoms with Gasteiger partial charge in [0.15, 0.2) is 0 Å². The van der Waals surface area contributed by atoms with Crippen molar-refractivity contribution in [3.8, 4) is 0 Å². The number of carbonyl (C=O) groups is 1. The second kappa shape index (κ2) is 6.35. The van der Waals surface area contributed by atoms with Crippen LogP contribution in [0.2, 0.25) is 0 Å². The van der Waals surface area contributed by atoms with Gasteiger partial charge < -0.3 is 4.74 Å². The van der Waals surface area contributed by atoms with Crippen LogP contribution in [0.15, 0.2) is 30.3 Å². The number of hydrogen-bond acceptors (Lipinski definition) is 3. The molecule has 0 saturated carbocycles. The van der Waals surface area contributed by atoms with E-state index in [2.05, 4.69) is 26.0 Å². The maximum absolute atomic E-state index is 11.8. The summed E-state index contributed by atoms with van der Waals surface area (Å²) in [7, 11) is 0. The summed E-state index contributed by atoms with van der Waals surface area (Å²) in [6, 6.07) is 9.82. The van der Waals surface area contributed by atoms with E-state index in [1.807, 2.05) is 30.3 Å². The van der Waals surface area contributed by atoms with Gasteiger partial charge >= 0.3 is 5.97 Å². The van der Waals surface area contributed by atoms with Crippen LogP contribution in [0.5, 0.6) is 0 Å². The van der Waals surface area contributed by atoms with Crippen molar-refractivity contribution in [3.63, 3.8) is 0 Å². The molecule has 1 aromatic rings. The van der Waals surface area contributed by atoms with Crippen LogP contribution >= 0.6 is 22.9 Å². The summed E-state index contributed by atoms with van der Waals surface area (Å²) in [6.07, 6.45) is 1.83. The third-order valence-corrected chi connectivity index (χ3v) is 3.96. The molecule has 1 heterocycles. The highest BCUT2D eigenvalue weighted by atomic mass is 127. The second-order valence-corrected chi connectivity index (χ2v) is 5.64. The molecule has 2 rings (SSSR count). The number of carbonyl (C=O) groups excluding carboxylic acids is 1. The number of esters is 1. The molecule has 0 spiro atoms. The van der Waals surface area contributed by atoms with Gasteiger partial charge in [0.25, 0.3) is 0 Å². The van der Waals surface area contributed by atoms with Crippen molar-refractivity contribution >= 4 is 28.8 Å². The summed E-state index contributed by atoms with van der Waals surface area (Å²) >= 11 is 2.30. The first-order valence-corrected chi connectivity index (χ1v) is 6.83. The average Bonchev–Trinajstić information content (AvgIpc) is 2.38. The molecule has 1 aromatic carbocycles. The molecule has 0 bridgehead atoms. The largest absolute Gasteiger partial charge is 0.461 e. The van der Waals surface area contributed by atoms with Gasteiger partial charge in [0, 0.05) is 36.0 Å². The highest BCUT2D eigenvalue weighted by Gasteiger charge is 2.25. The maximum atomic E-state index is 11.8. The molecule has 0 aliphatic carbocycles. The molecule has 1 aliphatic heterocycles. The van der Waals surface area contributed by atoms with Crippen molar-refractivity contribution < 1.29 is 9.53 Å². The minimum Gasteiger partial charge on any atom is -0.461 e. The number of piperidine rings is 1. The first-order valence-electron chi connectivity index (χ1n) is 5.87. The quantitative estimate of drug-likeness (QED) is 0.479. The molecule has 0 aromatic heterocycles. The highest BCUT2D eigenvalue weighted by molar-refractivity contribution is 14.1. The van der Waals surface area contributed by atoms with Gasteiger partial charge in [0.2, 0.25) is 0 Å². The minimum absolute atomic E-state index is 0.0432. The standard InChI is InChI=1S/C13H16INO2/c14-15-8-6-12(7-9-15)13(16)17-10-11-4-2-1-3-5-11/h1-5,12H,6-10H2. The third-order valence-electron chi connectivity index (χ3n) is 3.00. The van der Waals surface area contributed by atoms with E-state index < -0.39 is 0 Å². The van der Waals surface area contributed by atoms with Gasteiger partial charge in [-0.3, -0.25) is 4.79 Å². The van der Waals surface area contributed by atoms with Crippen molar-refractivity contribution in [3.05, 3.63) is 35.9 Å². The molecule has 17 heavy (non-hydrogen) atoms. The molecule has 1 fully saturated rings. The van der Waals surface area contributed by atoms with Gasteiger partial charge in [-0.1, -0.05) is 30.3 Å². The lowest BCUT2D eigenvalue weighted by Gasteiger charge is -2.25. The van der Waals surface area contributed by atoms with E-state index in [0.29, 0.717) is 6.61 Å². The summed E-state index contributed by atoms with van der Waals surface area (Å²) in [6.45, 7) is 2.35. The molecule has 92 valence electrons. The maximum Gasteiger partial charge on any atom is 0.309 e. The van der Waals surface area contributed by atoms with Crippen LogP contribution in [0.4, 0.5) is 0 Å². The zero-order valence-electron chi connectivity index (χ0n) is 9.64. The topological polar surface area (TPSA) is 29.5 Å². The van der Waals surface area contributed by atoms with Crippen molar-refractivity contribution in [2.45, 2.75) is 19.4 Å².